The molecule has 10 heteroatoms. The van der Waals surface area contributed by atoms with Crippen molar-refractivity contribution in [1.82, 2.24) is 24.6 Å². The van der Waals surface area contributed by atoms with Crippen LogP contribution in [-0.2, 0) is 0 Å². The van der Waals surface area contributed by atoms with Gasteiger partial charge in [-0.05, 0) is 191 Å². The Bertz CT molecular complexity index is 2150. The quantitative estimate of drug-likeness (QED) is 0.0296. The predicted octanol–water partition coefficient (Wildman–Crippen LogP) is 37.6. The summed E-state index contributed by atoms with van der Waals surface area (Å²) in [5.74, 6) is 9.13. The van der Waals surface area contributed by atoms with E-state index in [9.17, 15) is 0 Å². The van der Waals surface area contributed by atoms with E-state index in [1.807, 2.05) is 23.1 Å². The van der Waals surface area contributed by atoms with E-state index >= 15 is 0 Å². The van der Waals surface area contributed by atoms with Gasteiger partial charge in [-0.15, -0.1) is 0 Å². The SMILES string of the molecule is CCCCCCCC/C=C\CCCCCCCCCN(C)CCSSc1ccccn1.CCCCCCCC/C=C\CCCCCCCCN(C)CCSSCCN(C)C(CCCCCCCCC)CCCCCCCC1CC1CCCCCCCC.CCCCCCCCCC(CCCCCCCC1CC1CCCCCCCC)N(C)CCS. The van der Waals surface area contributed by atoms with Crippen molar-refractivity contribution >= 4 is 55.8 Å². The molecule has 6 atom stereocenters. The number of rotatable bonds is 95. The van der Waals surface area contributed by atoms with E-state index in [-0.39, 0.29) is 0 Å². The van der Waals surface area contributed by atoms with Crippen molar-refractivity contribution in [3.8, 4) is 0 Å². The largest absolute Gasteiger partial charge is 0.306 e. The van der Waals surface area contributed by atoms with Gasteiger partial charge in [-0.25, -0.2) is 4.98 Å². The third-order valence-electron chi connectivity index (χ3n) is 27.1. The van der Waals surface area contributed by atoms with Gasteiger partial charge in [-0.3, -0.25) is 0 Å². The molecule has 0 N–H and O–H groups in total. The molecule has 2 aliphatic carbocycles. The lowest BCUT2D eigenvalue weighted by Gasteiger charge is -2.28. The number of pyridine rings is 1. The van der Waals surface area contributed by atoms with Crippen LogP contribution in [0.15, 0.2) is 53.7 Å². The minimum absolute atomic E-state index is 0.794. The van der Waals surface area contributed by atoms with Crippen molar-refractivity contribution in [2.24, 2.45) is 23.7 Å². The molecular formula is C110H215N5S5. The summed E-state index contributed by atoms with van der Waals surface area (Å²) in [6, 6.07) is 7.69. The first kappa shape index (κ1) is 118. The van der Waals surface area contributed by atoms with Gasteiger partial charge < -0.3 is 19.6 Å². The van der Waals surface area contributed by atoms with Crippen LogP contribution in [0.4, 0.5) is 0 Å². The van der Waals surface area contributed by atoms with Crippen LogP contribution < -0.4 is 0 Å². The molecule has 0 amide bonds. The number of aromatic nitrogens is 1. The van der Waals surface area contributed by atoms with Gasteiger partial charge in [-0.2, -0.15) is 12.6 Å². The smallest absolute Gasteiger partial charge is 0.106 e. The molecule has 1 aromatic rings. The van der Waals surface area contributed by atoms with E-state index in [1.54, 1.807) is 23.6 Å². The average molecular weight is 1770 g/mol. The van der Waals surface area contributed by atoms with Crippen LogP contribution in [0.1, 0.15) is 523 Å². The van der Waals surface area contributed by atoms with E-state index in [2.05, 4.69) is 165 Å². The van der Waals surface area contributed by atoms with Crippen LogP contribution in [0, 0.1) is 23.7 Å². The Morgan fingerprint density at radius 2 is 0.558 bits per heavy atom. The second-order valence-electron chi connectivity index (χ2n) is 38.7. The molecular weight excluding hydrogens is 1550 g/mol. The maximum atomic E-state index is 4.48. The lowest BCUT2D eigenvalue weighted by atomic mass is 9.98. The Morgan fingerprint density at radius 1 is 0.300 bits per heavy atom. The maximum Gasteiger partial charge on any atom is 0.106 e. The van der Waals surface area contributed by atoms with Crippen LogP contribution in [0.2, 0.25) is 0 Å². The molecule has 3 rings (SSSR count). The zero-order chi connectivity index (χ0) is 86.6. The first-order valence-corrected chi connectivity index (χ1v) is 59.7. The molecule has 5 nitrogen and oxygen atoms in total. The Morgan fingerprint density at radius 3 is 0.850 bits per heavy atom. The fourth-order valence-electron chi connectivity index (χ4n) is 18.3. The van der Waals surface area contributed by atoms with Crippen molar-refractivity contribution in [3.63, 3.8) is 0 Å². The maximum absolute atomic E-state index is 4.48. The summed E-state index contributed by atoms with van der Waals surface area (Å²) in [5, 5.41) is 1.11. The van der Waals surface area contributed by atoms with Gasteiger partial charge in [0, 0.05) is 67.5 Å². The number of unbranched alkanes of at least 4 members (excludes halogenated alkanes) is 55. The minimum Gasteiger partial charge on any atom is -0.306 e. The number of nitrogens with zero attached hydrogens (tertiary/aromatic N) is 5. The van der Waals surface area contributed by atoms with Crippen molar-refractivity contribution in [2.75, 3.05) is 90.5 Å². The molecule has 120 heavy (non-hydrogen) atoms. The molecule has 2 saturated carbocycles. The molecule has 0 spiro atoms. The predicted molar refractivity (Wildman–Crippen MR) is 562 cm³/mol. The Kier molecular flexibility index (Phi) is 95.3. The normalized spacial score (nSPS) is 15.8. The molecule has 1 heterocycles. The number of allylic oxidation sites excluding steroid dienone is 4. The topological polar surface area (TPSA) is 25.9 Å². The van der Waals surface area contributed by atoms with Gasteiger partial charge in [0.2, 0.25) is 0 Å². The standard InChI is InChI=1S/C52H104N2S2.C31H63NS.C27H48N2S2/c1-6-9-12-15-18-19-20-21-22-23-24-25-26-28-34-39-44-53(4)45-47-55-56-48-46-54(5)52(42-37-32-27-16-13-10-7-2)43-38-33-29-31-36-41-51-49-50(51)40-35-30-17-14-11-8-3;1-4-6-8-10-12-16-20-24-31(32(3)26-27-33)25-21-17-13-15-19-23-30-28-29(30)22-18-14-11-9-7-5-2;1-3-4-5-6-7-8-9-10-11-12-13-14-15-16-17-18-21-24-29(2)25-26-30-31-27-22-19-20-23-28-27/h21-22,50-52H,6-20,23-49H2,1-5H3;29-31,33H,4-28H2,1-3H3;10-11,19-20,22-23H,3-9,12-18,21,24-26H2,1-2H3/b22-21-;;11-10-. The zero-order valence-electron chi connectivity index (χ0n) is 83.0. The molecule has 0 aromatic carbocycles. The first-order valence-electron chi connectivity index (χ1n) is 54.3. The van der Waals surface area contributed by atoms with E-state index < -0.39 is 0 Å². The van der Waals surface area contributed by atoms with Crippen LogP contribution in [-0.4, -0.2) is 127 Å². The summed E-state index contributed by atoms with van der Waals surface area (Å²) in [6.07, 6.45) is 119. The van der Waals surface area contributed by atoms with Crippen molar-refractivity contribution in [2.45, 2.75) is 540 Å². The summed E-state index contributed by atoms with van der Waals surface area (Å²) >= 11 is 4.48. The highest BCUT2D eigenvalue weighted by Crippen LogP contribution is 2.47. The van der Waals surface area contributed by atoms with Gasteiger partial charge in [-0.1, -0.05) is 483 Å². The first-order chi connectivity index (χ1) is 59.2. The molecule has 2 aliphatic rings. The van der Waals surface area contributed by atoms with Crippen LogP contribution in [0.5, 0.6) is 0 Å². The Hall–Kier alpha value is 0.220. The third-order valence-corrected chi connectivity index (χ3v) is 31.9. The molecule has 0 bridgehead atoms. The molecule has 1 aromatic heterocycles. The summed E-state index contributed by atoms with van der Waals surface area (Å²) in [7, 11) is 17.3. The number of thiol groups is 1. The van der Waals surface area contributed by atoms with Crippen LogP contribution in [0.3, 0.4) is 0 Å². The highest BCUT2D eigenvalue weighted by molar-refractivity contribution is 8.77. The van der Waals surface area contributed by atoms with E-state index in [0.717, 1.165) is 65.4 Å². The minimum atomic E-state index is 0.794. The molecule has 0 saturated heterocycles. The van der Waals surface area contributed by atoms with Gasteiger partial charge in [0.1, 0.15) is 5.03 Å². The highest BCUT2D eigenvalue weighted by atomic mass is 33.1. The van der Waals surface area contributed by atoms with Gasteiger partial charge in [0.05, 0.1) is 0 Å². The Labute approximate surface area is 777 Å². The second kappa shape index (κ2) is 96.8. The molecule has 710 valence electrons. The fraction of sp³-hybridized carbons (Fsp3) is 0.918. The van der Waals surface area contributed by atoms with Crippen molar-refractivity contribution in [1.29, 1.82) is 0 Å². The van der Waals surface area contributed by atoms with E-state index in [0.29, 0.717) is 0 Å². The third kappa shape index (κ3) is 85.0. The van der Waals surface area contributed by atoms with E-state index in [1.165, 1.54) is 506 Å². The summed E-state index contributed by atoms with van der Waals surface area (Å²) in [5.41, 5.74) is 0. The molecule has 0 aliphatic heterocycles. The highest BCUT2D eigenvalue weighted by Gasteiger charge is 2.36. The molecule has 0 radical (unpaired) electrons. The molecule has 2 fully saturated rings. The van der Waals surface area contributed by atoms with Crippen molar-refractivity contribution < 1.29 is 0 Å². The van der Waals surface area contributed by atoms with Crippen molar-refractivity contribution in [3.05, 3.63) is 48.7 Å². The Balaban J connectivity index is 0.000000962. The summed E-state index contributed by atoms with van der Waals surface area (Å²) < 4.78 is 0. The number of hydrogen-bond donors (Lipinski definition) is 1. The zero-order valence-corrected chi connectivity index (χ0v) is 87.2. The second-order valence-corrected chi connectivity index (χ2v) is 44.3. The lowest BCUT2D eigenvalue weighted by Crippen LogP contribution is -2.33. The average Bonchev–Trinajstić information content (AvgIpc) is 1.71. The summed E-state index contributed by atoms with van der Waals surface area (Å²) in [6.45, 7) is 21.2. The lowest BCUT2D eigenvalue weighted by molar-refractivity contribution is 0.221. The summed E-state index contributed by atoms with van der Waals surface area (Å²) in [4.78, 5) is 14.7. The molecule has 6 unspecified atom stereocenters. The fourth-order valence-corrected chi connectivity index (χ4v) is 22.7. The monoisotopic (exact) mass is 1770 g/mol. The van der Waals surface area contributed by atoms with Gasteiger partial charge in [0.25, 0.3) is 0 Å². The van der Waals surface area contributed by atoms with Gasteiger partial charge >= 0.3 is 0 Å². The van der Waals surface area contributed by atoms with Gasteiger partial charge in [0.15, 0.2) is 0 Å². The number of hydrogen-bond acceptors (Lipinski definition) is 10. The van der Waals surface area contributed by atoms with Crippen LogP contribution in [0.25, 0.3) is 0 Å². The van der Waals surface area contributed by atoms with Crippen LogP contribution >= 0.6 is 55.8 Å². The van der Waals surface area contributed by atoms with E-state index in [4.69, 9.17) is 0 Å².